The Morgan fingerprint density at radius 3 is 2.71 bits per heavy atom. The Balaban J connectivity index is 1.60. The molecule has 0 aliphatic heterocycles. The molecule has 4 rings (SSSR count). The molecule has 0 atom stereocenters. The van der Waals surface area contributed by atoms with Crippen molar-refractivity contribution in [3.8, 4) is 0 Å². The molecule has 31 heavy (non-hydrogen) atoms. The molecule has 0 radical (unpaired) electrons. The van der Waals surface area contributed by atoms with Gasteiger partial charge in [0.25, 0.3) is 5.91 Å². The summed E-state index contributed by atoms with van der Waals surface area (Å²) in [5.74, 6) is 0.304. The van der Waals surface area contributed by atoms with Crippen LogP contribution in [0.5, 0.6) is 0 Å². The van der Waals surface area contributed by atoms with Gasteiger partial charge in [0.2, 0.25) is 0 Å². The quantitative estimate of drug-likeness (QED) is 0.469. The van der Waals surface area contributed by atoms with Crippen LogP contribution < -0.4 is 11.1 Å². The van der Waals surface area contributed by atoms with Crippen LogP contribution in [0.1, 0.15) is 32.7 Å². The minimum absolute atomic E-state index is 0.177. The summed E-state index contributed by atoms with van der Waals surface area (Å²) in [5, 5.41) is 3.01. The van der Waals surface area contributed by atoms with Gasteiger partial charge in [-0.15, -0.1) is 0 Å². The van der Waals surface area contributed by atoms with Crippen molar-refractivity contribution in [3.05, 3.63) is 82.8 Å². The predicted octanol–water partition coefficient (Wildman–Crippen LogP) is 3.94. The summed E-state index contributed by atoms with van der Waals surface area (Å²) in [6, 6.07) is 13.5. The first-order valence-electron chi connectivity index (χ1n) is 9.96. The number of amides is 1. The zero-order chi connectivity index (χ0) is 22.0. The number of aliphatic imine (C=N–C) groups is 1. The highest BCUT2D eigenvalue weighted by Crippen LogP contribution is 2.22. The Morgan fingerprint density at radius 2 is 2.00 bits per heavy atom. The van der Waals surface area contributed by atoms with Crippen molar-refractivity contribution in [1.82, 2.24) is 19.9 Å². The monoisotopic (exact) mass is 412 g/mol. The number of nitrogens with zero attached hydrogens (tertiary/aromatic N) is 4. The van der Waals surface area contributed by atoms with E-state index >= 15 is 0 Å². The van der Waals surface area contributed by atoms with Gasteiger partial charge in [-0.25, -0.2) is 4.98 Å². The molecule has 7 heteroatoms. The lowest BCUT2D eigenvalue weighted by molar-refractivity contribution is 0.0952. The number of hydrogen-bond donors (Lipinski definition) is 2. The number of aromatic nitrogens is 3. The smallest absolute Gasteiger partial charge is 0.255 e. The lowest BCUT2D eigenvalue weighted by Gasteiger charge is -2.11. The average molecular weight is 412 g/mol. The Labute approximate surface area is 180 Å². The van der Waals surface area contributed by atoms with E-state index in [1.54, 1.807) is 6.20 Å². The Morgan fingerprint density at radius 1 is 1.23 bits per heavy atom. The SMILES string of the molecule is C=Nc1ccc(Cn2cc(C(=O)NCc3c(C)cc(N)nc3C)c3ncccc32)cc1. The largest absolute Gasteiger partial charge is 0.384 e. The lowest BCUT2D eigenvalue weighted by Crippen LogP contribution is -2.24. The first-order valence-corrected chi connectivity index (χ1v) is 9.96. The molecular formula is C24H24N6O. The highest BCUT2D eigenvalue weighted by atomic mass is 16.1. The van der Waals surface area contributed by atoms with Crippen molar-refractivity contribution in [2.75, 3.05) is 5.73 Å². The van der Waals surface area contributed by atoms with Crippen LogP contribution in [0, 0.1) is 13.8 Å². The molecule has 1 aromatic carbocycles. The van der Waals surface area contributed by atoms with E-state index in [0.717, 1.165) is 33.6 Å². The maximum atomic E-state index is 13.0. The highest BCUT2D eigenvalue weighted by molar-refractivity contribution is 6.05. The maximum absolute atomic E-state index is 13.0. The Hall–Kier alpha value is -4.00. The highest BCUT2D eigenvalue weighted by Gasteiger charge is 2.17. The fourth-order valence-electron chi connectivity index (χ4n) is 3.74. The number of hydrogen-bond acceptors (Lipinski definition) is 5. The van der Waals surface area contributed by atoms with Gasteiger partial charge < -0.3 is 15.6 Å². The van der Waals surface area contributed by atoms with E-state index < -0.39 is 0 Å². The molecule has 0 aliphatic carbocycles. The van der Waals surface area contributed by atoms with E-state index in [1.165, 1.54) is 0 Å². The maximum Gasteiger partial charge on any atom is 0.255 e. The standard InChI is InChI=1S/C24H24N6O/c1-15-11-22(25)29-16(2)19(15)12-28-24(31)20-14-30(21-5-4-10-27-23(20)21)13-17-6-8-18(26-3)9-7-17/h4-11,14H,3,12-13H2,1-2H3,(H2,25,29)(H,28,31). The van der Waals surface area contributed by atoms with Gasteiger partial charge in [-0.3, -0.25) is 14.8 Å². The fraction of sp³-hybridized carbons (Fsp3) is 0.167. The number of pyridine rings is 2. The zero-order valence-corrected chi connectivity index (χ0v) is 17.6. The van der Waals surface area contributed by atoms with Crippen LogP contribution in [-0.4, -0.2) is 27.2 Å². The molecule has 3 N–H and O–H groups in total. The summed E-state index contributed by atoms with van der Waals surface area (Å²) < 4.78 is 2.04. The summed E-state index contributed by atoms with van der Waals surface area (Å²) in [6.07, 6.45) is 3.56. The first-order chi connectivity index (χ1) is 15.0. The molecule has 0 fully saturated rings. The van der Waals surface area contributed by atoms with Crippen molar-refractivity contribution in [2.45, 2.75) is 26.9 Å². The molecule has 4 aromatic rings. The van der Waals surface area contributed by atoms with Crippen LogP contribution in [0.3, 0.4) is 0 Å². The van der Waals surface area contributed by atoms with Gasteiger partial charge in [0.1, 0.15) is 11.3 Å². The molecule has 0 spiro atoms. The summed E-state index contributed by atoms with van der Waals surface area (Å²) in [5.41, 5.74) is 12.6. The second-order valence-electron chi connectivity index (χ2n) is 7.48. The predicted molar refractivity (Wildman–Crippen MR) is 124 cm³/mol. The van der Waals surface area contributed by atoms with Crippen molar-refractivity contribution in [2.24, 2.45) is 4.99 Å². The van der Waals surface area contributed by atoms with Crippen molar-refractivity contribution < 1.29 is 4.79 Å². The number of nitrogens with one attached hydrogen (secondary N) is 1. The summed E-state index contributed by atoms with van der Waals surface area (Å²) in [7, 11) is 0. The molecule has 7 nitrogen and oxygen atoms in total. The minimum Gasteiger partial charge on any atom is -0.384 e. The van der Waals surface area contributed by atoms with Gasteiger partial charge >= 0.3 is 0 Å². The number of anilines is 1. The van der Waals surface area contributed by atoms with Gasteiger partial charge in [0.15, 0.2) is 0 Å². The number of carbonyl (C=O) groups excluding carboxylic acids is 1. The van der Waals surface area contributed by atoms with Crippen LogP contribution in [-0.2, 0) is 13.1 Å². The Bertz CT molecular complexity index is 1250. The third kappa shape index (κ3) is 4.16. The summed E-state index contributed by atoms with van der Waals surface area (Å²) >= 11 is 0. The number of benzene rings is 1. The van der Waals surface area contributed by atoms with E-state index in [4.69, 9.17) is 5.73 Å². The van der Waals surface area contributed by atoms with Crippen LogP contribution in [0.4, 0.5) is 11.5 Å². The van der Waals surface area contributed by atoms with Gasteiger partial charge in [-0.2, -0.15) is 0 Å². The number of fused-ring (bicyclic) bond motifs is 1. The van der Waals surface area contributed by atoms with E-state index in [1.807, 2.05) is 67.1 Å². The van der Waals surface area contributed by atoms with Crippen molar-refractivity contribution in [1.29, 1.82) is 0 Å². The van der Waals surface area contributed by atoms with Crippen LogP contribution >= 0.6 is 0 Å². The molecule has 0 saturated heterocycles. The molecule has 0 unspecified atom stereocenters. The molecule has 3 heterocycles. The van der Waals surface area contributed by atoms with E-state index in [0.29, 0.717) is 30.0 Å². The topological polar surface area (TPSA) is 98.2 Å². The summed E-state index contributed by atoms with van der Waals surface area (Å²) in [6.45, 7) is 8.40. The normalized spacial score (nSPS) is 10.9. The number of nitrogen functional groups attached to an aromatic ring is 1. The molecular weight excluding hydrogens is 388 g/mol. The van der Waals surface area contributed by atoms with Gasteiger partial charge in [-0.05, 0) is 67.6 Å². The first kappa shape index (κ1) is 20.3. The molecule has 156 valence electrons. The van der Waals surface area contributed by atoms with Crippen LogP contribution in [0.15, 0.2) is 59.9 Å². The zero-order valence-electron chi connectivity index (χ0n) is 17.6. The van der Waals surface area contributed by atoms with E-state index in [9.17, 15) is 4.79 Å². The summed E-state index contributed by atoms with van der Waals surface area (Å²) in [4.78, 5) is 25.7. The second kappa shape index (κ2) is 8.39. The molecule has 0 aliphatic rings. The van der Waals surface area contributed by atoms with Gasteiger partial charge in [0.05, 0.1) is 16.8 Å². The fourth-order valence-corrected chi connectivity index (χ4v) is 3.74. The molecule has 0 bridgehead atoms. The Kier molecular flexibility index (Phi) is 5.49. The number of aryl methyl sites for hydroxylation is 2. The number of rotatable bonds is 6. The number of carbonyl (C=O) groups is 1. The molecule has 1 amide bonds. The average Bonchev–Trinajstić information content (AvgIpc) is 3.12. The molecule has 0 saturated carbocycles. The molecule has 3 aromatic heterocycles. The minimum atomic E-state index is -0.177. The third-order valence-corrected chi connectivity index (χ3v) is 5.35. The lowest BCUT2D eigenvalue weighted by atomic mass is 10.1. The van der Waals surface area contributed by atoms with Crippen LogP contribution in [0.25, 0.3) is 11.0 Å². The van der Waals surface area contributed by atoms with Crippen molar-refractivity contribution in [3.63, 3.8) is 0 Å². The van der Waals surface area contributed by atoms with E-state index in [2.05, 4.69) is 27.0 Å². The van der Waals surface area contributed by atoms with E-state index in [-0.39, 0.29) is 5.91 Å². The third-order valence-electron chi connectivity index (χ3n) is 5.35. The van der Waals surface area contributed by atoms with Gasteiger partial charge in [0, 0.05) is 31.2 Å². The van der Waals surface area contributed by atoms with Crippen LogP contribution in [0.2, 0.25) is 0 Å². The van der Waals surface area contributed by atoms with Gasteiger partial charge in [-0.1, -0.05) is 12.1 Å². The van der Waals surface area contributed by atoms with Crippen molar-refractivity contribution >= 4 is 35.2 Å². The number of nitrogens with two attached hydrogens (primary N) is 1. The second-order valence-corrected chi connectivity index (χ2v) is 7.48.